The Labute approximate surface area is 190 Å². The van der Waals surface area contributed by atoms with Crippen molar-refractivity contribution in [3.05, 3.63) is 59.1 Å². The molecule has 3 heterocycles. The lowest BCUT2D eigenvalue weighted by molar-refractivity contribution is 0.0322. The molecule has 0 radical (unpaired) electrons. The number of morpholine rings is 1. The number of fused-ring (bicyclic) bond motifs is 3. The van der Waals surface area contributed by atoms with Crippen molar-refractivity contribution in [1.82, 2.24) is 14.9 Å². The van der Waals surface area contributed by atoms with Crippen LogP contribution in [-0.2, 0) is 4.74 Å². The van der Waals surface area contributed by atoms with Crippen molar-refractivity contribution in [3.8, 4) is 17.0 Å². The molecular formula is C24H23ClN4O3. The van der Waals surface area contributed by atoms with E-state index in [2.05, 4.69) is 9.88 Å². The van der Waals surface area contributed by atoms with Crippen molar-refractivity contribution in [1.29, 1.82) is 0 Å². The molecule has 3 N–H and O–H groups in total. The lowest BCUT2D eigenvalue weighted by Crippen LogP contribution is -2.38. The molecule has 7 nitrogen and oxygen atoms in total. The number of H-pyrrole nitrogens is 1. The van der Waals surface area contributed by atoms with Gasteiger partial charge in [-0.2, -0.15) is 0 Å². The summed E-state index contributed by atoms with van der Waals surface area (Å²) in [6.45, 7) is 4.85. The minimum absolute atomic E-state index is 0.385. The van der Waals surface area contributed by atoms with E-state index in [0.29, 0.717) is 33.9 Å². The van der Waals surface area contributed by atoms with E-state index in [1.54, 1.807) is 12.1 Å². The van der Waals surface area contributed by atoms with Gasteiger partial charge in [-0.15, -0.1) is 0 Å². The topological polar surface area (TPSA) is 93.5 Å². The Morgan fingerprint density at radius 2 is 2.03 bits per heavy atom. The van der Waals surface area contributed by atoms with Gasteiger partial charge in [0.2, 0.25) is 0 Å². The molecule has 0 spiro atoms. The van der Waals surface area contributed by atoms with E-state index in [-0.39, 0.29) is 0 Å². The third kappa shape index (κ3) is 4.14. The maximum Gasteiger partial charge on any atom is 0.250 e. The summed E-state index contributed by atoms with van der Waals surface area (Å²) in [6.07, 6.45) is 0. The number of primary amides is 1. The van der Waals surface area contributed by atoms with Crippen molar-refractivity contribution >= 4 is 39.4 Å². The first-order valence-electron chi connectivity index (χ1n) is 10.5. The van der Waals surface area contributed by atoms with Crippen molar-refractivity contribution in [2.45, 2.75) is 0 Å². The molecule has 0 saturated carbocycles. The summed E-state index contributed by atoms with van der Waals surface area (Å²) >= 11 is 6.15. The van der Waals surface area contributed by atoms with Gasteiger partial charge in [0.25, 0.3) is 5.91 Å². The molecule has 5 rings (SSSR count). The average molecular weight is 451 g/mol. The second-order valence-electron chi connectivity index (χ2n) is 7.79. The molecule has 32 heavy (non-hydrogen) atoms. The summed E-state index contributed by atoms with van der Waals surface area (Å²) < 4.78 is 11.3. The van der Waals surface area contributed by atoms with E-state index < -0.39 is 5.91 Å². The first kappa shape index (κ1) is 20.8. The van der Waals surface area contributed by atoms with Gasteiger partial charge in [0.05, 0.1) is 41.0 Å². The Morgan fingerprint density at radius 3 is 2.81 bits per heavy atom. The normalized spacial score (nSPS) is 14.8. The van der Waals surface area contributed by atoms with Crippen LogP contribution in [0.1, 0.15) is 10.4 Å². The fourth-order valence-electron chi connectivity index (χ4n) is 4.03. The number of hydrogen-bond acceptors (Lipinski definition) is 5. The largest absolute Gasteiger partial charge is 0.492 e. The van der Waals surface area contributed by atoms with Crippen LogP contribution in [0.2, 0.25) is 5.02 Å². The molecule has 1 fully saturated rings. The lowest BCUT2D eigenvalue weighted by Gasteiger charge is -2.26. The van der Waals surface area contributed by atoms with Crippen LogP contribution in [0.15, 0.2) is 48.5 Å². The Balaban J connectivity index is 1.48. The van der Waals surface area contributed by atoms with E-state index in [9.17, 15) is 4.79 Å². The maximum atomic E-state index is 12.2. The highest BCUT2D eigenvalue weighted by molar-refractivity contribution is 6.30. The van der Waals surface area contributed by atoms with Gasteiger partial charge < -0.3 is 20.2 Å². The number of nitrogens with one attached hydrogen (secondary N) is 1. The molecule has 0 unspecified atom stereocenters. The number of aromatic nitrogens is 2. The summed E-state index contributed by atoms with van der Waals surface area (Å²) in [5.74, 6) is 0.238. The number of hydrogen-bond donors (Lipinski definition) is 2. The highest BCUT2D eigenvalue weighted by Gasteiger charge is 2.17. The standard InChI is InChI=1S/C24H23ClN4O3/c25-16-3-1-2-15(12-16)20-14-19(24(26)30)23-22(27-20)18-5-4-17(13-21(18)28-23)32-11-8-29-6-9-31-10-7-29/h1-5,12-14,28H,6-11H2,(H2,26,30). The van der Waals surface area contributed by atoms with Crippen LogP contribution in [0.3, 0.4) is 0 Å². The van der Waals surface area contributed by atoms with Crippen molar-refractivity contribution in [2.24, 2.45) is 5.73 Å². The average Bonchev–Trinajstić information content (AvgIpc) is 3.17. The Bertz CT molecular complexity index is 1300. The summed E-state index contributed by atoms with van der Waals surface area (Å²) in [6, 6.07) is 14.9. The Kier molecular flexibility index (Phi) is 5.70. The summed E-state index contributed by atoms with van der Waals surface area (Å²) in [5.41, 5.74) is 9.67. The molecule has 8 heteroatoms. The second kappa shape index (κ2) is 8.78. The number of halogens is 1. The monoisotopic (exact) mass is 450 g/mol. The number of rotatable bonds is 6. The number of benzene rings is 2. The molecule has 1 aliphatic heterocycles. The predicted molar refractivity (Wildman–Crippen MR) is 125 cm³/mol. The van der Waals surface area contributed by atoms with Gasteiger partial charge in [-0.3, -0.25) is 9.69 Å². The zero-order valence-electron chi connectivity index (χ0n) is 17.4. The van der Waals surface area contributed by atoms with Gasteiger partial charge >= 0.3 is 0 Å². The molecule has 0 aliphatic carbocycles. The number of nitrogens with two attached hydrogens (primary N) is 1. The summed E-state index contributed by atoms with van der Waals surface area (Å²) in [5, 5.41) is 1.50. The molecular weight excluding hydrogens is 428 g/mol. The molecule has 0 atom stereocenters. The third-order valence-corrected chi connectivity index (χ3v) is 5.93. The van der Waals surface area contributed by atoms with Gasteiger partial charge in [0.15, 0.2) is 0 Å². The summed E-state index contributed by atoms with van der Waals surface area (Å²) in [7, 11) is 0. The van der Waals surface area contributed by atoms with Crippen LogP contribution in [0.4, 0.5) is 0 Å². The van der Waals surface area contributed by atoms with Gasteiger partial charge in [0.1, 0.15) is 12.4 Å². The minimum Gasteiger partial charge on any atom is -0.492 e. The molecule has 1 amide bonds. The van der Waals surface area contributed by atoms with Crippen LogP contribution in [-0.4, -0.2) is 60.2 Å². The number of carbonyl (C=O) groups is 1. The molecule has 0 bridgehead atoms. The zero-order chi connectivity index (χ0) is 22.1. The molecule has 164 valence electrons. The van der Waals surface area contributed by atoms with Crippen LogP contribution in [0, 0.1) is 0 Å². The third-order valence-electron chi connectivity index (χ3n) is 5.69. The van der Waals surface area contributed by atoms with Crippen molar-refractivity contribution < 1.29 is 14.3 Å². The molecule has 1 aliphatic rings. The smallest absolute Gasteiger partial charge is 0.250 e. The molecule has 2 aromatic carbocycles. The van der Waals surface area contributed by atoms with Gasteiger partial charge in [0, 0.05) is 41.7 Å². The van der Waals surface area contributed by atoms with Crippen LogP contribution in [0.5, 0.6) is 5.75 Å². The number of ether oxygens (including phenoxy) is 2. The first-order chi connectivity index (χ1) is 15.6. The van der Waals surface area contributed by atoms with Crippen molar-refractivity contribution in [3.63, 3.8) is 0 Å². The quantitative estimate of drug-likeness (QED) is 0.465. The van der Waals surface area contributed by atoms with E-state index >= 15 is 0 Å². The number of nitrogens with zero attached hydrogens (tertiary/aromatic N) is 2. The molecule has 1 saturated heterocycles. The SMILES string of the molecule is NC(=O)c1cc(-c2cccc(Cl)c2)nc2c1[nH]c1cc(OCCN3CCOCC3)ccc12. The highest BCUT2D eigenvalue weighted by Crippen LogP contribution is 2.32. The van der Waals surface area contributed by atoms with Crippen molar-refractivity contribution in [2.75, 3.05) is 39.5 Å². The zero-order valence-corrected chi connectivity index (χ0v) is 18.2. The van der Waals surface area contributed by atoms with Gasteiger partial charge in [-0.25, -0.2) is 4.98 Å². The van der Waals surface area contributed by atoms with Gasteiger partial charge in [-0.05, 0) is 30.3 Å². The van der Waals surface area contributed by atoms with Crippen LogP contribution < -0.4 is 10.5 Å². The summed E-state index contributed by atoms with van der Waals surface area (Å²) in [4.78, 5) is 22.7. The Morgan fingerprint density at radius 1 is 1.19 bits per heavy atom. The van der Waals surface area contributed by atoms with E-state index in [4.69, 9.17) is 31.8 Å². The highest BCUT2D eigenvalue weighted by atomic mass is 35.5. The van der Waals surface area contributed by atoms with Crippen LogP contribution in [0.25, 0.3) is 33.2 Å². The molecule has 2 aromatic heterocycles. The van der Waals surface area contributed by atoms with E-state index in [0.717, 1.165) is 55.1 Å². The predicted octanol–water partition coefficient (Wildman–Crippen LogP) is 3.85. The number of pyridine rings is 1. The second-order valence-corrected chi connectivity index (χ2v) is 8.22. The number of aromatic amines is 1. The first-order valence-corrected chi connectivity index (χ1v) is 10.9. The van der Waals surface area contributed by atoms with E-state index in [1.807, 2.05) is 36.4 Å². The maximum absolute atomic E-state index is 12.2. The Hall–Kier alpha value is -3.13. The van der Waals surface area contributed by atoms with E-state index in [1.165, 1.54) is 0 Å². The minimum atomic E-state index is -0.519. The van der Waals surface area contributed by atoms with Gasteiger partial charge in [-0.1, -0.05) is 23.7 Å². The lowest BCUT2D eigenvalue weighted by atomic mass is 10.1. The number of carbonyl (C=O) groups excluding carboxylic acids is 1. The fourth-order valence-corrected chi connectivity index (χ4v) is 4.22. The van der Waals surface area contributed by atoms with Crippen LogP contribution >= 0.6 is 11.6 Å². The fraction of sp³-hybridized carbons (Fsp3) is 0.250. The molecule has 4 aromatic rings. The number of amides is 1.